The number of rotatable bonds is 1. The second-order valence-electron chi connectivity index (χ2n) is 6.41. The van der Waals surface area contributed by atoms with Crippen molar-refractivity contribution >= 4 is 34.9 Å². The third kappa shape index (κ3) is 1.26. The first-order chi connectivity index (χ1) is 9.25. The summed E-state index contributed by atoms with van der Waals surface area (Å²) in [7, 11) is 0. The van der Waals surface area contributed by atoms with E-state index in [2.05, 4.69) is 15.6 Å². The molecule has 3 fully saturated rings. The summed E-state index contributed by atoms with van der Waals surface area (Å²) in [6.07, 6.45) is 4.34. The maximum absolute atomic E-state index is 6.41. The highest BCUT2D eigenvalue weighted by Gasteiger charge is 2.66. The second-order valence-corrected chi connectivity index (χ2v) is 7.21. The number of nitrogens with zero attached hydrogens (tertiary/aromatic N) is 1. The lowest BCUT2D eigenvalue weighted by Gasteiger charge is -2.11. The highest BCUT2D eigenvalue weighted by Crippen LogP contribution is 2.71. The standard InChI is InChI=1S/C15H15ClN2S/c16-9-2-1-3-10-13(9)18(15(19)17-10)14-11-7-4-5-8(6-7)12(11)14/h1-3,7-8,11-12,14H,4-6H2,(H,17,19). The fraction of sp³-hybridized carbons (Fsp3) is 0.533. The Hall–Kier alpha value is -0.800. The van der Waals surface area contributed by atoms with Crippen LogP contribution in [0.5, 0.6) is 0 Å². The van der Waals surface area contributed by atoms with Gasteiger partial charge in [-0.1, -0.05) is 17.7 Å². The summed E-state index contributed by atoms with van der Waals surface area (Å²) < 4.78 is 3.18. The first-order valence-electron chi connectivity index (χ1n) is 7.14. The molecule has 19 heavy (non-hydrogen) atoms. The number of aromatic nitrogens is 2. The molecule has 2 bridgehead atoms. The minimum atomic E-state index is 0.618. The van der Waals surface area contributed by atoms with Gasteiger partial charge in [-0.25, -0.2) is 0 Å². The predicted molar refractivity (Wildman–Crippen MR) is 79.0 cm³/mol. The van der Waals surface area contributed by atoms with E-state index in [0.717, 1.165) is 44.5 Å². The number of para-hydroxylation sites is 1. The number of benzene rings is 1. The number of hydrogen-bond donors (Lipinski definition) is 1. The number of nitrogens with one attached hydrogen (secondary N) is 1. The molecule has 3 aliphatic rings. The van der Waals surface area contributed by atoms with E-state index in [9.17, 15) is 0 Å². The number of aromatic amines is 1. The maximum atomic E-state index is 6.41. The lowest BCUT2D eigenvalue weighted by molar-refractivity contribution is 0.456. The Kier molecular flexibility index (Phi) is 1.98. The summed E-state index contributed by atoms with van der Waals surface area (Å²) in [6, 6.07) is 6.64. The molecule has 1 aromatic carbocycles. The molecular weight excluding hydrogens is 276 g/mol. The molecule has 98 valence electrons. The SMILES string of the molecule is S=c1[nH]c2cccc(Cl)c2n1C1C2C3CCC(C3)C21. The van der Waals surface area contributed by atoms with Crippen LogP contribution in [0, 0.1) is 28.4 Å². The van der Waals surface area contributed by atoms with E-state index in [1.54, 1.807) is 0 Å². The summed E-state index contributed by atoms with van der Waals surface area (Å²) in [5.74, 6) is 3.66. The molecule has 0 aliphatic heterocycles. The molecule has 2 nitrogen and oxygen atoms in total. The van der Waals surface area contributed by atoms with E-state index in [-0.39, 0.29) is 0 Å². The van der Waals surface area contributed by atoms with Gasteiger partial charge in [0.2, 0.25) is 0 Å². The van der Waals surface area contributed by atoms with Crippen molar-refractivity contribution < 1.29 is 0 Å². The third-order valence-corrected chi connectivity index (χ3v) is 6.28. The zero-order valence-electron chi connectivity index (χ0n) is 10.5. The van der Waals surface area contributed by atoms with Gasteiger partial charge in [-0.15, -0.1) is 0 Å². The first-order valence-corrected chi connectivity index (χ1v) is 7.93. The van der Waals surface area contributed by atoms with E-state index in [1.165, 1.54) is 19.3 Å². The lowest BCUT2D eigenvalue weighted by atomic mass is 10.0. The highest BCUT2D eigenvalue weighted by molar-refractivity contribution is 7.71. The Bertz CT molecular complexity index is 730. The van der Waals surface area contributed by atoms with Crippen molar-refractivity contribution in [1.82, 2.24) is 9.55 Å². The Morgan fingerprint density at radius 2 is 1.95 bits per heavy atom. The minimum absolute atomic E-state index is 0.618. The van der Waals surface area contributed by atoms with Gasteiger partial charge in [0.15, 0.2) is 4.77 Å². The van der Waals surface area contributed by atoms with Gasteiger partial charge in [0.25, 0.3) is 0 Å². The number of hydrogen-bond acceptors (Lipinski definition) is 1. The van der Waals surface area contributed by atoms with Crippen LogP contribution in [-0.2, 0) is 0 Å². The molecular formula is C15H15ClN2S. The van der Waals surface area contributed by atoms with Crippen LogP contribution in [0.25, 0.3) is 11.0 Å². The van der Waals surface area contributed by atoms with Gasteiger partial charge in [-0.2, -0.15) is 0 Å². The van der Waals surface area contributed by atoms with Crippen LogP contribution in [0.3, 0.4) is 0 Å². The molecule has 4 heteroatoms. The van der Waals surface area contributed by atoms with Crippen LogP contribution < -0.4 is 0 Å². The van der Waals surface area contributed by atoms with Gasteiger partial charge in [-0.3, -0.25) is 0 Å². The smallest absolute Gasteiger partial charge is 0.178 e. The summed E-state index contributed by atoms with van der Waals surface area (Å²) in [6.45, 7) is 0. The van der Waals surface area contributed by atoms with Gasteiger partial charge >= 0.3 is 0 Å². The topological polar surface area (TPSA) is 20.7 Å². The molecule has 1 N–H and O–H groups in total. The fourth-order valence-corrected chi connectivity index (χ4v) is 5.63. The van der Waals surface area contributed by atoms with Crippen LogP contribution in [0.2, 0.25) is 5.02 Å². The van der Waals surface area contributed by atoms with Crippen molar-refractivity contribution in [2.45, 2.75) is 25.3 Å². The van der Waals surface area contributed by atoms with Crippen molar-refractivity contribution in [1.29, 1.82) is 0 Å². The van der Waals surface area contributed by atoms with Crippen LogP contribution in [-0.4, -0.2) is 9.55 Å². The molecule has 0 spiro atoms. The predicted octanol–water partition coefficient (Wildman–Crippen LogP) is 4.57. The fourth-order valence-electron chi connectivity index (χ4n) is 5.05. The van der Waals surface area contributed by atoms with Crippen molar-refractivity contribution in [3.8, 4) is 0 Å². The molecule has 1 aromatic heterocycles. The van der Waals surface area contributed by atoms with Crippen LogP contribution in [0.15, 0.2) is 18.2 Å². The average Bonchev–Trinajstić information content (AvgIpc) is 2.75. The maximum Gasteiger partial charge on any atom is 0.178 e. The summed E-state index contributed by atoms with van der Waals surface area (Å²) in [5, 5.41) is 0.821. The molecule has 0 saturated heterocycles. The molecule has 2 aromatic rings. The number of halogens is 1. The zero-order chi connectivity index (χ0) is 12.7. The average molecular weight is 291 g/mol. The first kappa shape index (κ1) is 10.9. The van der Waals surface area contributed by atoms with Gasteiger partial charge in [-0.05, 0) is 67.3 Å². The Morgan fingerprint density at radius 1 is 1.21 bits per heavy atom. The lowest BCUT2D eigenvalue weighted by Crippen LogP contribution is -2.05. The molecule has 4 atom stereocenters. The Morgan fingerprint density at radius 3 is 2.68 bits per heavy atom. The zero-order valence-corrected chi connectivity index (χ0v) is 12.0. The van der Waals surface area contributed by atoms with E-state index < -0.39 is 0 Å². The van der Waals surface area contributed by atoms with E-state index >= 15 is 0 Å². The minimum Gasteiger partial charge on any atom is -0.331 e. The number of fused-ring (bicyclic) bond motifs is 6. The van der Waals surface area contributed by atoms with E-state index in [1.807, 2.05) is 12.1 Å². The highest BCUT2D eigenvalue weighted by atomic mass is 35.5. The van der Waals surface area contributed by atoms with Crippen molar-refractivity contribution in [3.63, 3.8) is 0 Å². The molecule has 1 heterocycles. The third-order valence-electron chi connectivity index (χ3n) is 5.68. The largest absolute Gasteiger partial charge is 0.331 e. The number of H-pyrrole nitrogens is 1. The summed E-state index contributed by atoms with van der Waals surface area (Å²) >= 11 is 12.0. The molecule has 3 saturated carbocycles. The van der Waals surface area contributed by atoms with Crippen LogP contribution >= 0.6 is 23.8 Å². The molecule has 4 unspecified atom stereocenters. The monoisotopic (exact) mass is 290 g/mol. The van der Waals surface area contributed by atoms with Crippen LogP contribution in [0.4, 0.5) is 0 Å². The van der Waals surface area contributed by atoms with Crippen molar-refractivity contribution in [2.75, 3.05) is 0 Å². The summed E-state index contributed by atoms with van der Waals surface area (Å²) in [4.78, 5) is 3.32. The molecule has 5 rings (SSSR count). The van der Waals surface area contributed by atoms with Gasteiger partial charge < -0.3 is 9.55 Å². The van der Waals surface area contributed by atoms with E-state index in [0.29, 0.717) is 6.04 Å². The number of imidazole rings is 1. The normalized spacial score (nSPS) is 38.9. The van der Waals surface area contributed by atoms with Gasteiger partial charge in [0.1, 0.15) is 0 Å². The Labute approximate surface area is 121 Å². The second kappa shape index (κ2) is 3.44. The quantitative estimate of drug-likeness (QED) is 0.763. The molecule has 3 aliphatic carbocycles. The van der Waals surface area contributed by atoms with Crippen molar-refractivity contribution in [2.24, 2.45) is 23.7 Å². The molecule has 0 radical (unpaired) electrons. The summed E-state index contributed by atoms with van der Waals surface area (Å²) in [5.41, 5.74) is 2.20. The van der Waals surface area contributed by atoms with Gasteiger partial charge in [0, 0.05) is 6.04 Å². The van der Waals surface area contributed by atoms with Crippen LogP contribution in [0.1, 0.15) is 25.3 Å². The van der Waals surface area contributed by atoms with E-state index in [4.69, 9.17) is 23.8 Å². The molecule has 0 amide bonds. The Balaban J connectivity index is 1.71. The van der Waals surface area contributed by atoms with Gasteiger partial charge in [0.05, 0.1) is 16.1 Å². The van der Waals surface area contributed by atoms with Crippen molar-refractivity contribution in [3.05, 3.63) is 28.0 Å².